The molecule has 0 unspecified atom stereocenters. The topological polar surface area (TPSA) is 38.7 Å². The minimum atomic E-state index is -0.397. The average Bonchev–Trinajstić information content (AvgIpc) is 3.02. The van der Waals surface area contributed by atoms with Gasteiger partial charge in [-0.25, -0.2) is 9.79 Å². The second-order valence-electron chi connectivity index (χ2n) is 4.17. The molecule has 0 saturated heterocycles. The Hall–Kier alpha value is -2.20. The molecule has 0 N–H and O–H groups in total. The Kier molecular flexibility index (Phi) is 3.01. The molecule has 0 aliphatic carbocycles. The van der Waals surface area contributed by atoms with E-state index >= 15 is 0 Å². The molecule has 1 aliphatic heterocycles. The monoisotopic (exact) mass is 269 g/mol. The molecule has 94 valence electrons. The number of hydrogen-bond acceptors (Lipinski definition) is 4. The number of carbonyl (C=O) groups excluding carboxylic acids is 1. The number of rotatable bonds is 2. The van der Waals surface area contributed by atoms with Crippen LogP contribution in [0.1, 0.15) is 16.0 Å². The number of aliphatic imine (C=N–C) groups is 1. The average molecular weight is 269 g/mol. The fraction of sp³-hybridized carbons (Fsp3) is 0.0667. The first kappa shape index (κ1) is 11.9. The lowest BCUT2D eigenvalue weighted by atomic mass is 10.1. The van der Waals surface area contributed by atoms with Crippen molar-refractivity contribution < 1.29 is 9.53 Å². The van der Waals surface area contributed by atoms with E-state index in [9.17, 15) is 4.79 Å². The van der Waals surface area contributed by atoms with E-state index in [0.717, 1.165) is 16.0 Å². The zero-order chi connectivity index (χ0) is 13.2. The van der Waals surface area contributed by atoms with Crippen molar-refractivity contribution in [3.8, 4) is 0 Å². The second kappa shape index (κ2) is 4.82. The summed E-state index contributed by atoms with van der Waals surface area (Å²) in [6, 6.07) is 11.6. The van der Waals surface area contributed by atoms with E-state index in [4.69, 9.17) is 4.74 Å². The van der Waals surface area contributed by atoms with Gasteiger partial charge in [0, 0.05) is 0 Å². The molecule has 3 nitrogen and oxygen atoms in total. The van der Waals surface area contributed by atoms with Crippen LogP contribution in [-0.2, 0) is 9.53 Å². The van der Waals surface area contributed by atoms with E-state index in [-0.39, 0.29) is 0 Å². The van der Waals surface area contributed by atoms with Crippen LogP contribution >= 0.6 is 11.3 Å². The van der Waals surface area contributed by atoms with Gasteiger partial charge < -0.3 is 4.74 Å². The van der Waals surface area contributed by atoms with Gasteiger partial charge >= 0.3 is 5.97 Å². The van der Waals surface area contributed by atoms with Gasteiger partial charge in [0.25, 0.3) is 0 Å². The third-order valence-electron chi connectivity index (χ3n) is 2.83. The molecular weight excluding hydrogens is 258 g/mol. The molecule has 3 rings (SSSR count). The van der Waals surface area contributed by atoms with Gasteiger partial charge in [-0.1, -0.05) is 30.3 Å². The van der Waals surface area contributed by atoms with E-state index in [0.29, 0.717) is 11.6 Å². The predicted octanol–water partition coefficient (Wildman–Crippen LogP) is 3.40. The molecule has 0 amide bonds. The van der Waals surface area contributed by atoms with Crippen molar-refractivity contribution >= 4 is 29.3 Å². The first-order valence-corrected chi connectivity index (χ1v) is 6.74. The number of ether oxygens (including phenoxy) is 1. The van der Waals surface area contributed by atoms with Crippen molar-refractivity contribution in [2.45, 2.75) is 6.92 Å². The zero-order valence-electron chi connectivity index (χ0n) is 10.3. The van der Waals surface area contributed by atoms with Gasteiger partial charge in [-0.2, -0.15) is 0 Å². The van der Waals surface area contributed by atoms with Gasteiger partial charge in [-0.3, -0.25) is 0 Å². The van der Waals surface area contributed by atoms with Gasteiger partial charge in [-0.05, 0) is 35.6 Å². The predicted molar refractivity (Wildman–Crippen MR) is 76.1 cm³/mol. The Morgan fingerprint density at radius 2 is 2.05 bits per heavy atom. The first-order chi connectivity index (χ1) is 9.24. The first-order valence-electron chi connectivity index (χ1n) is 5.86. The lowest BCUT2D eigenvalue weighted by Crippen LogP contribution is -2.03. The third kappa shape index (κ3) is 2.35. The summed E-state index contributed by atoms with van der Waals surface area (Å²) >= 11 is 1.50. The van der Waals surface area contributed by atoms with E-state index in [1.54, 1.807) is 6.08 Å². The number of esters is 1. The molecular formula is C15H11NO2S. The Bertz CT molecular complexity index is 684. The molecule has 0 fully saturated rings. The Morgan fingerprint density at radius 1 is 1.21 bits per heavy atom. The zero-order valence-corrected chi connectivity index (χ0v) is 11.1. The van der Waals surface area contributed by atoms with Crippen LogP contribution in [0.15, 0.2) is 52.5 Å². The number of aryl methyl sites for hydroxylation is 1. The van der Waals surface area contributed by atoms with Crippen LogP contribution in [0.5, 0.6) is 0 Å². The van der Waals surface area contributed by atoms with Crippen molar-refractivity contribution in [2.24, 2.45) is 4.99 Å². The second-order valence-corrected chi connectivity index (χ2v) is 5.12. The number of cyclic esters (lactones) is 1. The number of thiophene rings is 1. The van der Waals surface area contributed by atoms with Crippen LogP contribution in [0, 0.1) is 6.92 Å². The van der Waals surface area contributed by atoms with Gasteiger partial charge in [0.1, 0.15) is 0 Å². The van der Waals surface area contributed by atoms with Gasteiger partial charge in [0.05, 0.1) is 4.88 Å². The van der Waals surface area contributed by atoms with Crippen LogP contribution < -0.4 is 0 Å². The molecule has 0 atom stereocenters. The van der Waals surface area contributed by atoms with Crippen LogP contribution in [0.25, 0.3) is 6.08 Å². The summed E-state index contributed by atoms with van der Waals surface area (Å²) in [6.45, 7) is 2.00. The Labute approximate surface area is 114 Å². The van der Waals surface area contributed by atoms with E-state index < -0.39 is 5.97 Å². The molecule has 0 radical (unpaired) electrons. The van der Waals surface area contributed by atoms with E-state index in [1.165, 1.54) is 11.3 Å². The molecule has 0 saturated carbocycles. The van der Waals surface area contributed by atoms with Crippen molar-refractivity contribution in [1.29, 1.82) is 0 Å². The lowest BCUT2D eigenvalue weighted by Gasteiger charge is -1.98. The highest BCUT2D eigenvalue weighted by Gasteiger charge is 2.24. The standard InChI is InChI=1S/C15H11NO2S/c1-10-5-2-3-6-11(10)9-12-15(17)18-14(16-12)13-7-4-8-19-13/h2-9H,1H3. The minimum Gasteiger partial charge on any atom is -0.401 e. The largest absolute Gasteiger partial charge is 0.401 e. The molecule has 0 spiro atoms. The highest BCUT2D eigenvalue weighted by Crippen LogP contribution is 2.22. The lowest BCUT2D eigenvalue weighted by molar-refractivity contribution is -0.129. The highest BCUT2D eigenvalue weighted by atomic mass is 32.1. The summed E-state index contributed by atoms with van der Waals surface area (Å²) in [7, 11) is 0. The molecule has 4 heteroatoms. The van der Waals surface area contributed by atoms with Crippen molar-refractivity contribution in [2.75, 3.05) is 0 Å². The maximum atomic E-state index is 11.8. The van der Waals surface area contributed by atoms with Crippen molar-refractivity contribution in [3.63, 3.8) is 0 Å². The molecule has 2 heterocycles. The van der Waals surface area contributed by atoms with E-state index in [2.05, 4.69) is 4.99 Å². The Balaban J connectivity index is 1.98. The third-order valence-corrected chi connectivity index (χ3v) is 3.69. The van der Waals surface area contributed by atoms with Crippen LogP contribution in [0.3, 0.4) is 0 Å². The molecule has 1 aliphatic rings. The van der Waals surface area contributed by atoms with Gasteiger partial charge in [0.2, 0.25) is 5.90 Å². The Morgan fingerprint density at radius 3 is 2.79 bits per heavy atom. The molecule has 1 aromatic carbocycles. The number of nitrogens with zero attached hydrogens (tertiary/aromatic N) is 1. The fourth-order valence-electron chi connectivity index (χ4n) is 1.81. The van der Waals surface area contributed by atoms with Crippen molar-refractivity contribution in [3.05, 3.63) is 63.5 Å². The SMILES string of the molecule is Cc1ccccc1C=C1N=C(c2cccs2)OC1=O. The number of hydrogen-bond donors (Lipinski definition) is 0. The minimum absolute atomic E-state index is 0.345. The highest BCUT2D eigenvalue weighted by molar-refractivity contribution is 7.12. The molecule has 1 aromatic heterocycles. The summed E-state index contributed by atoms with van der Waals surface area (Å²) < 4.78 is 5.18. The number of benzene rings is 1. The maximum Gasteiger partial charge on any atom is 0.363 e. The molecule has 0 bridgehead atoms. The van der Waals surface area contributed by atoms with Gasteiger partial charge in [0.15, 0.2) is 5.70 Å². The maximum absolute atomic E-state index is 11.8. The quantitative estimate of drug-likeness (QED) is 0.619. The van der Waals surface area contributed by atoms with Crippen LogP contribution in [0.4, 0.5) is 0 Å². The molecule has 19 heavy (non-hydrogen) atoms. The van der Waals surface area contributed by atoms with Crippen molar-refractivity contribution in [1.82, 2.24) is 0 Å². The van der Waals surface area contributed by atoms with Crippen LogP contribution in [0.2, 0.25) is 0 Å². The molecule has 2 aromatic rings. The summed E-state index contributed by atoms with van der Waals surface area (Å²) in [6.07, 6.45) is 1.76. The summed E-state index contributed by atoms with van der Waals surface area (Å²) in [5.74, 6) is -0.00788. The number of carbonyl (C=O) groups is 1. The van der Waals surface area contributed by atoms with Gasteiger partial charge in [-0.15, -0.1) is 11.3 Å². The van der Waals surface area contributed by atoms with E-state index in [1.807, 2.05) is 48.7 Å². The summed E-state index contributed by atoms with van der Waals surface area (Å²) in [5.41, 5.74) is 2.42. The van der Waals surface area contributed by atoms with Crippen LogP contribution in [-0.4, -0.2) is 11.9 Å². The normalized spacial score (nSPS) is 16.6. The smallest absolute Gasteiger partial charge is 0.363 e. The summed E-state index contributed by atoms with van der Waals surface area (Å²) in [5, 5.41) is 1.93. The fourth-order valence-corrected chi connectivity index (χ4v) is 2.46. The summed E-state index contributed by atoms with van der Waals surface area (Å²) in [4.78, 5) is 16.9.